The maximum atomic E-state index is 5.80. The average Bonchev–Trinajstić information content (AvgIpc) is 2.45. The molecule has 2 rings (SSSR count). The second-order valence-electron chi connectivity index (χ2n) is 5.28. The minimum absolute atomic E-state index is 0.111. The van der Waals surface area contributed by atoms with Gasteiger partial charge in [0, 0.05) is 24.7 Å². The van der Waals surface area contributed by atoms with Gasteiger partial charge in [-0.15, -0.1) is 0 Å². The van der Waals surface area contributed by atoms with E-state index in [1.807, 2.05) is 24.3 Å². The van der Waals surface area contributed by atoms with E-state index in [4.69, 9.17) is 27.4 Å². The zero-order valence-electron chi connectivity index (χ0n) is 12.0. The van der Waals surface area contributed by atoms with Gasteiger partial charge in [0.1, 0.15) is 23.4 Å². The predicted octanol–water partition coefficient (Wildman–Crippen LogP) is 1.81. The van der Waals surface area contributed by atoms with Crippen LogP contribution in [0, 0.1) is 0 Å². The number of benzene rings is 1. The summed E-state index contributed by atoms with van der Waals surface area (Å²) >= 11 is 4.97. The second kappa shape index (κ2) is 7.02. The van der Waals surface area contributed by atoms with Crippen molar-refractivity contribution >= 4 is 17.2 Å². The first-order valence-electron chi connectivity index (χ1n) is 6.94. The van der Waals surface area contributed by atoms with E-state index in [0.717, 1.165) is 31.0 Å². The van der Waals surface area contributed by atoms with Gasteiger partial charge in [-0.05, 0) is 26.0 Å². The number of ether oxygens (including phenoxy) is 2. The summed E-state index contributed by atoms with van der Waals surface area (Å²) < 4.78 is 11.5. The Hall–Kier alpha value is -1.17. The van der Waals surface area contributed by atoms with Gasteiger partial charge in [-0.3, -0.25) is 4.90 Å². The molecule has 0 saturated carbocycles. The molecule has 1 aromatic rings. The summed E-state index contributed by atoms with van der Waals surface area (Å²) in [6.07, 6.45) is 0.111. The standard InChI is InChI=1S/C15H22N2O2S/c1-11(2)17-6-7-18-14(9-17)10-19-13-5-3-4-12(8-13)15(16)20/h3-5,8,11,14H,6-7,9-10H2,1-2H3,(H2,16,20). The molecule has 5 heteroatoms. The number of thiocarbonyl (C=S) groups is 1. The van der Waals surface area contributed by atoms with Crippen molar-refractivity contribution in [3.8, 4) is 5.75 Å². The van der Waals surface area contributed by atoms with Gasteiger partial charge in [0.05, 0.1) is 6.61 Å². The highest BCUT2D eigenvalue weighted by atomic mass is 32.1. The summed E-state index contributed by atoms with van der Waals surface area (Å²) in [7, 11) is 0. The van der Waals surface area contributed by atoms with Gasteiger partial charge in [0.25, 0.3) is 0 Å². The Balaban J connectivity index is 1.88. The number of hydrogen-bond donors (Lipinski definition) is 1. The van der Waals surface area contributed by atoms with Gasteiger partial charge in [-0.25, -0.2) is 0 Å². The smallest absolute Gasteiger partial charge is 0.120 e. The molecule has 20 heavy (non-hydrogen) atoms. The van der Waals surface area contributed by atoms with Crippen LogP contribution in [0.1, 0.15) is 19.4 Å². The van der Waals surface area contributed by atoms with Gasteiger partial charge in [0.15, 0.2) is 0 Å². The third-order valence-corrected chi connectivity index (χ3v) is 3.69. The lowest BCUT2D eigenvalue weighted by Gasteiger charge is -2.35. The van der Waals surface area contributed by atoms with Crippen LogP contribution in [0.5, 0.6) is 5.75 Å². The van der Waals surface area contributed by atoms with E-state index in [-0.39, 0.29) is 6.10 Å². The molecule has 2 N–H and O–H groups in total. The topological polar surface area (TPSA) is 47.7 Å². The molecule has 1 fully saturated rings. The number of nitrogens with zero attached hydrogens (tertiary/aromatic N) is 1. The molecule has 0 radical (unpaired) electrons. The Morgan fingerprint density at radius 2 is 2.35 bits per heavy atom. The van der Waals surface area contributed by atoms with Crippen molar-refractivity contribution in [2.75, 3.05) is 26.3 Å². The highest BCUT2D eigenvalue weighted by molar-refractivity contribution is 7.80. The minimum Gasteiger partial charge on any atom is -0.491 e. The highest BCUT2D eigenvalue weighted by Crippen LogP contribution is 2.15. The number of rotatable bonds is 5. The van der Waals surface area contributed by atoms with E-state index < -0.39 is 0 Å². The van der Waals surface area contributed by atoms with Crippen molar-refractivity contribution < 1.29 is 9.47 Å². The van der Waals surface area contributed by atoms with Crippen molar-refractivity contribution in [3.63, 3.8) is 0 Å². The summed E-state index contributed by atoms with van der Waals surface area (Å²) in [6, 6.07) is 8.09. The van der Waals surface area contributed by atoms with E-state index in [1.54, 1.807) is 0 Å². The molecule has 1 unspecified atom stereocenters. The van der Waals surface area contributed by atoms with Crippen LogP contribution in [-0.4, -0.2) is 48.3 Å². The van der Waals surface area contributed by atoms with Crippen molar-refractivity contribution in [2.24, 2.45) is 5.73 Å². The first-order chi connectivity index (χ1) is 9.56. The van der Waals surface area contributed by atoms with Gasteiger partial charge < -0.3 is 15.2 Å². The van der Waals surface area contributed by atoms with Crippen LogP contribution in [0.3, 0.4) is 0 Å². The van der Waals surface area contributed by atoms with Crippen molar-refractivity contribution in [3.05, 3.63) is 29.8 Å². The Kier molecular flexibility index (Phi) is 5.34. The van der Waals surface area contributed by atoms with Crippen molar-refractivity contribution in [1.82, 2.24) is 4.90 Å². The summed E-state index contributed by atoms with van der Waals surface area (Å²) in [6.45, 7) is 7.62. The molecule has 1 aliphatic rings. The Labute approximate surface area is 125 Å². The van der Waals surface area contributed by atoms with Crippen LogP contribution in [0.15, 0.2) is 24.3 Å². The van der Waals surface area contributed by atoms with E-state index in [2.05, 4.69) is 18.7 Å². The minimum atomic E-state index is 0.111. The van der Waals surface area contributed by atoms with Crippen molar-refractivity contribution in [2.45, 2.75) is 26.0 Å². The lowest BCUT2D eigenvalue weighted by molar-refractivity contribution is -0.0564. The summed E-state index contributed by atoms with van der Waals surface area (Å²) in [5.74, 6) is 0.778. The van der Waals surface area contributed by atoms with Crippen LogP contribution in [-0.2, 0) is 4.74 Å². The molecule has 0 bridgehead atoms. The fourth-order valence-electron chi connectivity index (χ4n) is 2.24. The van der Waals surface area contributed by atoms with E-state index in [0.29, 0.717) is 17.6 Å². The van der Waals surface area contributed by atoms with Crippen LogP contribution in [0.25, 0.3) is 0 Å². The van der Waals surface area contributed by atoms with Crippen LogP contribution in [0.4, 0.5) is 0 Å². The molecule has 1 saturated heterocycles. The summed E-state index contributed by atoms with van der Waals surface area (Å²) in [5, 5.41) is 0. The predicted molar refractivity (Wildman–Crippen MR) is 84.3 cm³/mol. The fraction of sp³-hybridized carbons (Fsp3) is 0.533. The molecule has 0 amide bonds. The molecule has 1 heterocycles. The number of morpholine rings is 1. The maximum Gasteiger partial charge on any atom is 0.120 e. The monoisotopic (exact) mass is 294 g/mol. The van der Waals surface area contributed by atoms with Gasteiger partial charge in [-0.2, -0.15) is 0 Å². The number of hydrogen-bond acceptors (Lipinski definition) is 4. The SMILES string of the molecule is CC(C)N1CCOC(COc2cccc(C(N)=S)c2)C1. The quantitative estimate of drug-likeness (QED) is 0.839. The summed E-state index contributed by atoms with van der Waals surface area (Å²) in [5.41, 5.74) is 6.44. The zero-order valence-corrected chi connectivity index (χ0v) is 12.9. The Bertz CT molecular complexity index is 465. The fourth-order valence-corrected chi connectivity index (χ4v) is 2.37. The van der Waals surface area contributed by atoms with Gasteiger partial charge in [-0.1, -0.05) is 24.4 Å². The van der Waals surface area contributed by atoms with Crippen molar-refractivity contribution in [1.29, 1.82) is 0 Å². The summed E-state index contributed by atoms with van der Waals surface area (Å²) in [4.78, 5) is 2.79. The first-order valence-corrected chi connectivity index (χ1v) is 7.35. The molecular weight excluding hydrogens is 272 g/mol. The van der Waals surface area contributed by atoms with Crippen LogP contribution >= 0.6 is 12.2 Å². The van der Waals surface area contributed by atoms with Crippen LogP contribution < -0.4 is 10.5 Å². The zero-order chi connectivity index (χ0) is 14.5. The molecule has 4 nitrogen and oxygen atoms in total. The van der Waals surface area contributed by atoms with E-state index in [1.165, 1.54) is 0 Å². The highest BCUT2D eigenvalue weighted by Gasteiger charge is 2.22. The van der Waals surface area contributed by atoms with E-state index >= 15 is 0 Å². The Morgan fingerprint density at radius 3 is 3.05 bits per heavy atom. The Morgan fingerprint density at radius 1 is 1.55 bits per heavy atom. The molecule has 1 aromatic carbocycles. The van der Waals surface area contributed by atoms with Gasteiger partial charge in [0.2, 0.25) is 0 Å². The molecule has 0 aliphatic carbocycles. The lowest BCUT2D eigenvalue weighted by Crippen LogP contribution is -2.47. The lowest BCUT2D eigenvalue weighted by atomic mass is 10.2. The second-order valence-corrected chi connectivity index (χ2v) is 5.72. The number of nitrogens with two attached hydrogens (primary N) is 1. The molecular formula is C15H22N2O2S. The third kappa shape index (κ3) is 4.16. The van der Waals surface area contributed by atoms with E-state index in [9.17, 15) is 0 Å². The average molecular weight is 294 g/mol. The normalized spacial score (nSPS) is 20.1. The molecule has 1 atom stereocenters. The first kappa shape index (κ1) is 15.2. The molecule has 1 aliphatic heterocycles. The molecule has 110 valence electrons. The third-order valence-electron chi connectivity index (χ3n) is 3.45. The van der Waals surface area contributed by atoms with Crippen LogP contribution in [0.2, 0.25) is 0 Å². The maximum absolute atomic E-state index is 5.80. The molecule has 0 aromatic heterocycles. The van der Waals surface area contributed by atoms with Gasteiger partial charge >= 0.3 is 0 Å². The largest absolute Gasteiger partial charge is 0.491 e. The molecule has 0 spiro atoms.